The molecule has 0 unspecified atom stereocenters. The van der Waals surface area contributed by atoms with Gasteiger partial charge in [0.05, 0.1) is 0 Å². The smallest absolute Gasteiger partial charge is 0.334 e. The van der Waals surface area contributed by atoms with Crippen LogP contribution in [0, 0.1) is 6.92 Å². The van der Waals surface area contributed by atoms with Crippen LogP contribution in [0.25, 0.3) is 0 Å². The molecule has 0 aromatic heterocycles. The van der Waals surface area contributed by atoms with Crippen molar-refractivity contribution in [3.63, 3.8) is 0 Å². The first kappa shape index (κ1) is 17.0. The molecule has 0 radical (unpaired) electrons. The zero-order chi connectivity index (χ0) is 17.0. The van der Waals surface area contributed by atoms with Crippen molar-refractivity contribution in [2.75, 3.05) is 25.9 Å². The lowest BCUT2D eigenvalue weighted by atomic mass is 10.2. The summed E-state index contributed by atoms with van der Waals surface area (Å²) in [5.41, 5.74) is 1.18. The molecule has 1 aliphatic heterocycles. The van der Waals surface area contributed by atoms with Crippen LogP contribution in [0.15, 0.2) is 29.2 Å². The minimum absolute atomic E-state index is 0.400. The first-order valence-corrected chi connectivity index (χ1v) is 7.98. The second-order valence-electron chi connectivity index (χ2n) is 5.05. The van der Waals surface area contributed by atoms with Gasteiger partial charge in [-0.25, -0.2) is 9.69 Å². The molecule has 0 bridgehead atoms. The van der Waals surface area contributed by atoms with Crippen molar-refractivity contribution < 1.29 is 19.2 Å². The standard InChI is InChI=1S/C15H17N3O4S/c1-10-3-5-11(6-4-10)23-8-7-16-12(19)9-18-14(21)13(20)17(2)15(18)22/h3-6H,7-9H2,1-2H3,(H,16,19). The highest BCUT2D eigenvalue weighted by molar-refractivity contribution is 7.99. The number of amides is 5. The normalized spacial score (nSPS) is 14.6. The molecule has 7 nitrogen and oxygen atoms in total. The van der Waals surface area contributed by atoms with Crippen molar-refractivity contribution in [3.8, 4) is 0 Å². The second kappa shape index (κ2) is 7.28. The number of nitrogens with one attached hydrogen (secondary N) is 1. The maximum Gasteiger partial charge on any atom is 0.334 e. The maximum atomic E-state index is 11.8. The van der Waals surface area contributed by atoms with Crippen molar-refractivity contribution in [1.29, 1.82) is 0 Å². The molecule has 1 saturated heterocycles. The van der Waals surface area contributed by atoms with Gasteiger partial charge in [0.15, 0.2) is 0 Å². The Morgan fingerprint density at radius 2 is 1.78 bits per heavy atom. The highest BCUT2D eigenvalue weighted by Crippen LogP contribution is 2.17. The van der Waals surface area contributed by atoms with Crippen LogP contribution in [0.2, 0.25) is 0 Å². The fourth-order valence-corrected chi connectivity index (χ4v) is 2.71. The van der Waals surface area contributed by atoms with Crippen molar-refractivity contribution in [1.82, 2.24) is 15.1 Å². The van der Waals surface area contributed by atoms with Crippen molar-refractivity contribution in [2.24, 2.45) is 0 Å². The van der Waals surface area contributed by atoms with Crippen LogP contribution in [0.1, 0.15) is 5.56 Å². The quantitative estimate of drug-likeness (QED) is 0.356. The number of nitrogens with zero attached hydrogens (tertiary/aromatic N) is 2. The molecule has 0 spiro atoms. The van der Waals surface area contributed by atoms with Gasteiger partial charge in [-0.05, 0) is 19.1 Å². The van der Waals surface area contributed by atoms with E-state index in [0.29, 0.717) is 22.1 Å². The molecule has 0 saturated carbocycles. The van der Waals surface area contributed by atoms with Gasteiger partial charge < -0.3 is 5.32 Å². The van der Waals surface area contributed by atoms with E-state index in [1.807, 2.05) is 31.2 Å². The molecule has 2 rings (SSSR count). The Labute approximate surface area is 138 Å². The number of hydrogen-bond acceptors (Lipinski definition) is 5. The first-order valence-electron chi connectivity index (χ1n) is 7.00. The number of rotatable bonds is 6. The summed E-state index contributed by atoms with van der Waals surface area (Å²) < 4.78 is 0. The van der Waals surface area contributed by atoms with Crippen LogP contribution in [0.3, 0.4) is 0 Å². The fraction of sp³-hybridized carbons (Fsp3) is 0.333. The van der Waals surface area contributed by atoms with Crippen LogP contribution in [0.5, 0.6) is 0 Å². The van der Waals surface area contributed by atoms with E-state index in [4.69, 9.17) is 0 Å². The van der Waals surface area contributed by atoms with Crippen molar-refractivity contribution in [3.05, 3.63) is 29.8 Å². The Balaban J connectivity index is 1.73. The summed E-state index contributed by atoms with van der Waals surface area (Å²) in [5, 5.41) is 2.63. The van der Waals surface area contributed by atoms with Crippen LogP contribution in [-0.4, -0.2) is 59.4 Å². The molecule has 1 aliphatic rings. The largest absolute Gasteiger partial charge is 0.354 e. The molecule has 8 heteroatoms. The summed E-state index contributed by atoms with van der Waals surface area (Å²) in [5.74, 6) is -1.70. The Morgan fingerprint density at radius 3 is 2.35 bits per heavy atom. The third-order valence-electron chi connectivity index (χ3n) is 3.27. The second-order valence-corrected chi connectivity index (χ2v) is 6.22. The van der Waals surface area contributed by atoms with Gasteiger partial charge in [-0.3, -0.25) is 19.3 Å². The van der Waals surface area contributed by atoms with Gasteiger partial charge in [-0.2, -0.15) is 0 Å². The number of carbonyl (C=O) groups is 4. The SMILES string of the molecule is Cc1ccc(SCCNC(=O)CN2C(=O)C(=O)N(C)C2=O)cc1. The van der Waals surface area contributed by atoms with E-state index in [-0.39, 0.29) is 0 Å². The predicted molar refractivity (Wildman–Crippen MR) is 84.8 cm³/mol. The van der Waals surface area contributed by atoms with Gasteiger partial charge >= 0.3 is 17.8 Å². The minimum Gasteiger partial charge on any atom is -0.354 e. The zero-order valence-electron chi connectivity index (χ0n) is 12.9. The van der Waals surface area contributed by atoms with Gasteiger partial charge in [0.1, 0.15) is 6.54 Å². The first-order chi connectivity index (χ1) is 10.9. The molecule has 1 aromatic rings. The average Bonchev–Trinajstić information content (AvgIpc) is 2.71. The van der Waals surface area contributed by atoms with E-state index in [2.05, 4.69) is 5.32 Å². The number of thioether (sulfide) groups is 1. The van der Waals surface area contributed by atoms with Crippen LogP contribution in [0.4, 0.5) is 4.79 Å². The molecule has 1 heterocycles. The number of benzene rings is 1. The van der Waals surface area contributed by atoms with E-state index < -0.39 is 30.3 Å². The van der Waals surface area contributed by atoms with Crippen LogP contribution < -0.4 is 5.32 Å². The molecule has 23 heavy (non-hydrogen) atoms. The maximum absolute atomic E-state index is 11.8. The molecular weight excluding hydrogens is 318 g/mol. The monoisotopic (exact) mass is 335 g/mol. The molecule has 1 fully saturated rings. The predicted octanol–water partition coefficient (Wildman–Crippen LogP) is 0.624. The topological polar surface area (TPSA) is 86.8 Å². The van der Waals surface area contributed by atoms with Gasteiger partial charge in [-0.15, -0.1) is 11.8 Å². The van der Waals surface area contributed by atoms with Crippen molar-refractivity contribution >= 4 is 35.5 Å². The minimum atomic E-state index is -0.971. The van der Waals surface area contributed by atoms with E-state index >= 15 is 0 Å². The van der Waals surface area contributed by atoms with Gasteiger partial charge in [0.2, 0.25) is 5.91 Å². The summed E-state index contributed by atoms with van der Waals surface area (Å²) in [4.78, 5) is 48.7. The van der Waals surface area contributed by atoms with E-state index in [9.17, 15) is 19.2 Å². The third kappa shape index (κ3) is 4.10. The van der Waals surface area contributed by atoms with E-state index in [1.165, 1.54) is 12.6 Å². The lowest BCUT2D eigenvalue weighted by Gasteiger charge is -2.12. The highest BCUT2D eigenvalue weighted by Gasteiger charge is 2.42. The molecular formula is C15H17N3O4S. The van der Waals surface area contributed by atoms with Crippen molar-refractivity contribution in [2.45, 2.75) is 11.8 Å². The lowest BCUT2D eigenvalue weighted by molar-refractivity contribution is -0.143. The molecule has 1 aromatic carbocycles. The van der Waals surface area contributed by atoms with Crippen LogP contribution >= 0.6 is 11.8 Å². The Bertz CT molecular complexity index is 645. The zero-order valence-corrected chi connectivity index (χ0v) is 13.7. The Hall–Kier alpha value is -2.35. The number of aryl methyl sites for hydroxylation is 1. The summed E-state index contributed by atoms with van der Waals surface area (Å²) >= 11 is 1.59. The third-order valence-corrected chi connectivity index (χ3v) is 4.28. The number of urea groups is 1. The highest BCUT2D eigenvalue weighted by atomic mass is 32.2. The summed E-state index contributed by atoms with van der Waals surface area (Å²) in [6.07, 6.45) is 0. The lowest BCUT2D eigenvalue weighted by Crippen LogP contribution is -2.41. The summed E-state index contributed by atoms with van der Waals surface area (Å²) in [6.45, 7) is 1.97. The van der Waals surface area contributed by atoms with Crippen LogP contribution in [-0.2, 0) is 14.4 Å². The van der Waals surface area contributed by atoms with Gasteiger partial charge in [0, 0.05) is 24.2 Å². The average molecular weight is 335 g/mol. The van der Waals surface area contributed by atoms with E-state index in [1.54, 1.807) is 11.8 Å². The number of imide groups is 2. The number of hydrogen-bond donors (Lipinski definition) is 1. The molecule has 1 N–H and O–H groups in total. The summed E-state index contributed by atoms with van der Waals surface area (Å²) in [7, 11) is 1.21. The molecule has 122 valence electrons. The molecule has 0 atom stereocenters. The Kier molecular flexibility index (Phi) is 5.38. The van der Waals surface area contributed by atoms with Gasteiger partial charge in [-0.1, -0.05) is 17.7 Å². The fourth-order valence-electron chi connectivity index (χ4n) is 1.95. The Morgan fingerprint density at radius 1 is 1.13 bits per heavy atom. The van der Waals surface area contributed by atoms with Gasteiger partial charge in [0.25, 0.3) is 0 Å². The molecule has 0 aliphatic carbocycles. The summed E-state index contributed by atoms with van der Waals surface area (Å²) in [6, 6.07) is 7.26. The number of likely N-dealkylation sites (N-methyl/N-ethyl adjacent to an activating group) is 1. The van der Waals surface area contributed by atoms with E-state index in [0.717, 1.165) is 4.90 Å². The molecule has 5 amide bonds. The number of carbonyl (C=O) groups excluding carboxylic acids is 4.